The Labute approximate surface area is 155 Å². The number of thiophene rings is 1. The van der Waals surface area contributed by atoms with Crippen LogP contribution in [0.15, 0.2) is 47.8 Å². The molecule has 2 aliphatic rings. The second kappa shape index (κ2) is 7.58. The number of likely N-dealkylation sites (N-methyl/N-ethyl adjacent to an activating group) is 1. The van der Waals surface area contributed by atoms with Crippen LogP contribution in [0, 0.1) is 0 Å². The van der Waals surface area contributed by atoms with Gasteiger partial charge in [0.1, 0.15) is 0 Å². The Kier molecular flexibility index (Phi) is 5.23. The first-order valence-electron chi connectivity index (χ1n) is 9.35. The summed E-state index contributed by atoms with van der Waals surface area (Å²) in [6.07, 6.45) is 3.53. The Morgan fingerprint density at radius 3 is 2.68 bits per heavy atom. The first-order valence-corrected chi connectivity index (χ1v) is 10.2. The number of hydrogen-bond acceptors (Lipinski definition) is 4. The number of piperidine rings is 1. The monoisotopic (exact) mass is 356 g/mol. The van der Waals surface area contributed by atoms with Crippen LogP contribution in [0.2, 0.25) is 0 Å². The summed E-state index contributed by atoms with van der Waals surface area (Å²) in [4.78, 5) is 6.53. The minimum absolute atomic E-state index is 0.127. The third-order valence-electron chi connectivity index (χ3n) is 5.81. The van der Waals surface area contributed by atoms with Gasteiger partial charge in [0.05, 0.1) is 12.2 Å². The molecule has 3 nitrogen and oxygen atoms in total. The first kappa shape index (κ1) is 17.2. The molecule has 1 aromatic heterocycles. The molecule has 1 aromatic carbocycles. The molecule has 0 N–H and O–H groups in total. The van der Waals surface area contributed by atoms with Crippen molar-refractivity contribution in [2.24, 2.45) is 0 Å². The van der Waals surface area contributed by atoms with Crippen LogP contribution in [0.25, 0.3) is 0 Å². The predicted octanol–water partition coefficient (Wildman–Crippen LogP) is 4.00. The van der Waals surface area contributed by atoms with Gasteiger partial charge in [-0.25, -0.2) is 0 Å². The normalized spacial score (nSPS) is 23.5. The zero-order valence-corrected chi connectivity index (χ0v) is 15.9. The second-order valence-electron chi connectivity index (χ2n) is 7.61. The lowest BCUT2D eigenvalue weighted by molar-refractivity contribution is -0.0451. The van der Waals surface area contributed by atoms with Crippen LogP contribution in [0.5, 0.6) is 0 Å². The molecular weight excluding hydrogens is 328 g/mol. The van der Waals surface area contributed by atoms with Gasteiger partial charge in [-0.1, -0.05) is 36.4 Å². The highest BCUT2D eigenvalue weighted by molar-refractivity contribution is 7.09. The molecule has 1 unspecified atom stereocenters. The highest BCUT2D eigenvalue weighted by Crippen LogP contribution is 2.38. The molecule has 0 aliphatic carbocycles. The number of likely N-dealkylation sites (tertiary alicyclic amines) is 1. The molecule has 3 heterocycles. The molecule has 2 aromatic rings. The number of nitrogens with zero attached hydrogens (tertiary/aromatic N) is 2. The third kappa shape index (κ3) is 4.14. The van der Waals surface area contributed by atoms with Crippen LogP contribution in [0.3, 0.4) is 0 Å². The molecule has 25 heavy (non-hydrogen) atoms. The van der Waals surface area contributed by atoms with Gasteiger partial charge in [0.25, 0.3) is 0 Å². The second-order valence-corrected chi connectivity index (χ2v) is 8.64. The molecule has 2 saturated heterocycles. The topological polar surface area (TPSA) is 15.7 Å². The Balaban J connectivity index is 1.28. The Morgan fingerprint density at radius 2 is 1.96 bits per heavy atom. The molecule has 0 amide bonds. The molecule has 4 rings (SSSR count). The van der Waals surface area contributed by atoms with E-state index < -0.39 is 0 Å². The maximum absolute atomic E-state index is 6.37. The summed E-state index contributed by atoms with van der Waals surface area (Å²) in [5, 5.41) is 2.17. The summed E-state index contributed by atoms with van der Waals surface area (Å²) in [5.74, 6) is 0. The van der Waals surface area contributed by atoms with E-state index in [0.717, 1.165) is 32.8 Å². The lowest BCUT2D eigenvalue weighted by Gasteiger charge is -2.38. The minimum atomic E-state index is 0.127. The quantitative estimate of drug-likeness (QED) is 0.805. The fraction of sp³-hybridized carbons (Fsp3) is 0.524. The van der Waals surface area contributed by atoms with Crippen molar-refractivity contribution in [1.29, 1.82) is 0 Å². The van der Waals surface area contributed by atoms with Crippen LogP contribution >= 0.6 is 11.3 Å². The summed E-state index contributed by atoms with van der Waals surface area (Å²) >= 11 is 1.87. The van der Waals surface area contributed by atoms with E-state index in [1.807, 2.05) is 11.3 Å². The minimum Gasteiger partial charge on any atom is -0.373 e. The molecule has 134 valence electrons. The molecule has 2 fully saturated rings. The van der Waals surface area contributed by atoms with Gasteiger partial charge >= 0.3 is 0 Å². The van der Waals surface area contributed by atoms with Gasteiger partial charge in [0.15, 0.2) is 0 Å². The molecule has 4 heteroatoms. The van der Waals surface area contributed by atoms with Crippen molar-refractivity contribution in [3.05, 3.63) is 58.3 Å². The molecule has 1 spiro atoms. The fourth-order valence-corrected chi connectivity index (χ4v) is 4.94. The van der Waals surface area contributed by atoms with Crippen LogP contribution in [-0.2, 0) is 17.8 Å². The predicted molar refractivity (Wildman–Crippen MR) is 104 cm³/mol. The average molecular weight is 357 g/mol. The van der Waals surface area contributed by atoms with E-state index in [-0.39, 0.29) is 5.60 Å². The number of ether oxygens (including phenoxy) is 1. The molecule has 0 bridgehead atoms. The highest BCUT2D eigenvalue weighted by atomic mass is 32.1. The van der Waals surface area contributed by atoms with Gasteiger partial charge in [-0.15, -0.1) is 11.3 Å². The molecule has 0 saturated carbocycles. The van der Waals surface area contributed by atoms with Crippen LogP contribution in [0.4, 0.5) is 0 Å². The van der Waals surface area contributed by atoms with E-state index in [1.165, 1.54) is 29.7 Å². The average Bonchev–Trinajstić information content (AvgIpc) is 3.29. The van der Waals surface area contributed by atoms with Crippen LogP contribution in [-0.4, -0.2) is 48.2 Å². The highest BCUT2D eigenvalue weighted by Gasteiger charge is 2.43. The number of rotatable bonds is 5. The van der Waals surface area contributed by atoms with Crippen molar-refractivity contribution in [1.82, 2.24) is 9.80 Å². The maximum Gasteiger partial charge on any atom is 0.0723 e. The van der Waals surface area contributed by atoms with Crippen molar-refractivity contribution >= 4 is 11.3 Å². The maximum atomic E-state index is 6.37. The summed E-state index contributed by atoms with van der Waals surface area (Å²) in [7, 11) is 2.24. The smallest absolute Gasteiger partial charge is 0.0723 e. The SMILES string of the molecule is CN(Cc1ccccc1)C1COC2(CCN(Cc3cccs3)CC2)C1. The van der Waals surface area contributed by atoms with Crippen LogP contribution < -0.4 is 0 Å². The Bertz CT molecular complexity index is 650. The van der Waals surface area contributed by atoms with E-state index in [4.69, 9.17) is 4.74 Å². The van der Waals surface area contributed by atoms with Gasteiger partial charge in [0, 0.05) is 37.1 Å². The van der Waals surface area contributed by atoms with Crippen LogP contribution in [0.1, 0.15) is 29.7 Å². The van der Waals surface area contributed by atoms with E-state index in [1.54, 1.807) is 0 Å². The van der Waals surface area contributed by atoms with E-state index in [0.29, 0.717) is 6.04 Å². The van der Waals surface area contributed by atoms with Crippen molar-refractivity contribution in [2.75, 3.05) is 26.7 Å². The summed E-state index contributed by atoms with van der Waals surface area (Å²) in [5.41, 5.74) is 1.51. The zero-order valence-electron chi connectivity index (χ0n) is 15.1. The van der Waals surface area contributed by atoms with E-state index >= 15 is 0 Å². The van der Waals surface area contributed by atoms with Gasteiger partial charge < -0.3 is 4.74 Å². The van der Waals surface area contributed by atoms with E-state index in [2.05, 4.69) is 64.7 Å². The first-order chi connectivity index (χ1) is 12.2. The zero-order chi connectivity index (χ0) is 17.1. The standard InChI is InChI=1S/C21H28N2OS/c1-22(15-18-6-3-2-4-7-18)19-14-21(24-17-19)9-11-23(12-10-21)16-20-8-5-13-25-20/h2-8,13,19H,9-12,14-17H2,1H3. The van der Waals surface area contributed by atoms with Gasteiger partial charge in [0.2, 0.25) is 0 Å². The number of benzene rings is 1. The summed E-state index contributed by atoms with van der Waals surface area (Å²) in [6.45, 7) is 5.31. The fourth-order valence-electron chi connectivity index (χ4n) is 4.19. The molecule has 2 aliphatic heterocycles. The third-order valence-corrected chi connectivity index (χ3v) is 6.68. The molecule has 1 atom stereocenters. The number of hydrogen-bond donors (Lipinski definition) is 0. The van der Waals surface area contributed by atoms with Crippen molar-refractivity contribution in [3.63, 3.8) is 0 Å². The lowest BCUT2D eigenvalue weighted by Crippen LogP contribution is -2.44. The van der Waals surface area contributed by atoms with Crippen molar-refractivity contribution < 1.29 is 4.74 Å². The Hall–Kier alpha value is -1.20. The molecule has 0 radical (unpaired) electrons. The van der Waals surface area contributed by atoms with Crippen molar-refractivity contribution in [3.8, 4) is 0 Å². The lowest BCUT2D eigenvalue weighted by atomic mass is 9.87. The van der Waals surface area contributed by atoms with E-state index in [9.17, 15) is 0 Å². The van der Waals surface area contributed by atoms with Gasteiger partial charge in [-0.05, 0) is 43.3 Å². The molecular formula is C21H28N2OS. The summed E-state index contributed by atoms with van der Waals surface area (Å²) in [6, 6.07) is 15.7. The summed E-state index contributed by atoms with van der Waals surface area (Å²) < 4.78 is 6.37. The Morgan fingerprint density at radius 1 is 1.16 bits per heavy atom. The van der Waals surface area contributed by atoms with Crippen molar-refractivity contribution in [2.45, 2.75) is 44.0 Å². The van der Waals surface area contributed by atoms with Gasteiger partial charge in [-0.3, -0.25) is 9.80 Å². The largest absolute Gasteiger partial charge is 0.373 e. The van der Waals surface area contributed by atoms with Gasteiger partial charge in [-0.2, -0.15) is 0 Å².